The Morgan fingerprint density at radius 3 is 2.79 bits per heavy atom. The Hall–Kier alpha value is -1.39. The van der Waals surface area contributed by atoms with Crippen LogP contribution >= 0.6 is 11.6 Å². The predicted octanol–water partition coefficient (Wildman–Crippen LogP) is 3.62. The van der Waals surface area contributed by atoms with Gasteiger partial charge in [-0.2, -0.15) is 0 Å². The standard InChI is InChI=1S/C14H18ClN3O/c1-3-4-9-18(2)10-13-16-17-14(19-13)11-7-5-6-8-12(11)15/h5-8H,3-4,9-10H2,1-2H3. The average Bonchev–Trinajstić information content (AvgIpc) is 2.85. The topological polar surface area (TPSA) is 42.2 Å². The average molecular weight is 280 g/mol. The largest absolute Gasteiger partial charge is 0.419 e. The molecule has 4 nitrogen and oxygen atoms in total. The molecular formula is C14H18ClN3O. The van der Waals surface area contributed by atoms with E-state index < -0.39 is 0 Å². The van der Waals surface area contributed by atoms with E-state index in [0.29, 0.717) is 23.3 Å². The molecule has 1 heterocycles. The third kappa shape index (κ3) is 3.78. The zero-order chi connectivity index (χ0) is 13.7. The quantitative estimate of drug-likeness (QED) is 0.810. The van der Waals surface area contributed by atoms with Crippen LogP contribution in [0.5, 0.6) is 0 Å². The van der Waals surface area contributed by atoms with Crippen molar-refractivity contribution in [1.29, 1.82) is 0 Å². The highest BCUT2D eigenvalue weighted by Gasteiger charge is 2.12. The van der Waals surface area contributed by atoms with Crippen molar-refractivity contribution in [2.45, 2.75) is 26.3 Å². The number of halogens is 1. The Balaban J connectivity index is 2.05. The zero-order valence-electron chi connectivity index (χ0n) is 11.3. The van der Waals surface area contributed by atoms with Crippen LogP contribution in [0.1, 0.15) is 25.7 Å². The van der Waals surface area contributed by atoms with Crippen LogP contribution in [-0.4, -0.2) is 28.7 Å². The van der Waals surface area contributed by atoms with Gasteiger partial charge in [0.1, 0.15) is 0 Å². The summed E-state index contributed by atoms with van der Waals surface area (Å²) < 4.78 is 5.65. The van der Waals surface area contributed by atoms with Crippen LogP contribution in [-0.2, 0) is 6.54 Å². The maximum Gasteiger partial charge on any atom is 0.249 e. The summed E-state index contributed by atoms with van der Waals surface area (Å²) in [5.74, 6) is 1.10. The summed E-state index contributed by atoms with van der Waals surface area (Å²) in [6.07, 6.45) is 2.35. The predicted molar refractivity (Wildman–Crippen MR) is 76.0 cm³/mol. The van der Waals surface area contributed by atoms with Gasteiger partial charge in [0.2, 0.25) is 11.8 Å². The van der Waals surface area contributed by atoms with Gasteiger partial charge < -0.3 is 4.42 Å². The smallest absolute Gasteiger partial charge is 0.249 e. The van der Waals surface area contributed by atoms with Gasteiger partial charge in [0, 0.05) is 0 Å². The van der Waals surface area contributed by atoms with Crippen LogP contribution in [0.15, 0.2) is 28.7 Å². The van der Waals surface area contributed by atoms with E-state index in [1.165, 1.54) is 12.8 Å². The number of unbranched alkanes of at least 4 members (excludes halogenated alkanes) is 1. The SMILES string of the molecule is CCCCN(C)Cc1nnc(-c2ccccc2Cl)o1. The summed E-state index contributed by atoms with van der Waals surface area (Å²) in [6, 6.07) is 7.47. The maximum atomic E-state index is 6.10. The fraction of sp³-hybridized carbons (Fsp3) is 0.429. The number of nitrogens with zero attached hydrogens (tertiary/aromatic N) is 3. The van der Waals surface area contributed by atoms with E-state index in [-0.39, 0.29) is 0 Å². The van der Waals surface area contributed by atoms with Gasteiger partial charge in [0.05, 0.1) is 17.1 Å². The highest BCUT2D eigenvalue weighted by Crippen LogP contribution is 2.26. The molecule has 0 spiro atoms. The van der Waals surface area contributed by atoms with Gasteiger partial charge >= 0.3 is 0 Å². The molecule has 19 heavy (non-hydrogen) atoms. The number of rotatable bonds is 6. The molecule has 0 saturated carbocycles. The van der Waals surface area contributed by atoms with E-state index in [4.69, 9.17) is 16.0 Å². The van der Waals surface area contributed by atoms with Gasteiger partial charge in [-0.05, 0) is 32.1 Å². The minimum atomic E-state index is 0.476. The van der Waals surface area contributed by atoms with Crippen LogP contribution in [0, 0.1) is 0 Å². The van der Waals surface area contributed by atoms with E-state index in [1.807, 2.05) is 24.3 Å². The van der Waals surface area contributed by atoms with Crippen molar-refractivity contribution in [3.63, 3.8) is 0 Å². The van der Waals surface area contributed by atoms with Crippen LogP contribution in [0.25, 0.3) is 11.5 Å². The van der Waals surface area contributed by atoms with Gasteiger partial charge in [-0.3, -0.25) is 4.90 Å². The molecule has 0 radical (unpaired) electrons. The number of benzene rings is 1. The Morgan fingerprint density at radius 2 is 2.05 bits per heavy atom. The molecule has 0 aliphatic heterocycles. The lowest BCUT2D eigenvalue weighted by Crippen LogP contribution is -2.19. The second kappa shape index (κ2) is 6.68. The lowest BCUT2D eigenvalue weighted by atomic mass is 10.2. The Bertz CT molecular complexity index is 527. The minimum Gasteiger partial charge on any atom is -0.419 e. The molecule has 0 amide bonds. The third-order valence-corrected chi connectivity index (χ3v) is 3.20. The second-order valence-electron chi connectivity index (χ2n) is 4.57. The Morgan fingerprint density at radius 1 is 1.26 bits per heavy atom. The summed E-state index contributed by atoms with van der Waals surface area (Å²) in [5.41, 5.74) is 0.777. The Labute approximate surface area is 118 Å². The molecule has 0 aliphatic rings. The first kappa shape index (κ1) is 14.0. The van der Waals surface area contributed by atoms with Gasteiger partial charge in [-0.15, -0.1) is 10.2 Å². The van der Waals surface area contributed by atoms with Crippen LogP contribution < -0.4 is 0 Å². The van der Waals surface area contributed by atoms with Crippen molar-refractivity contribution in [2.75, 3.05) is 13.6 Å². The van der Waals surface area contributed by atoms with Crippen molar-refractivity contribution in [3.05, 3.63) is 35.2 Å². The van der Waals surface area contributed by atoms with Crippen molar-refractivity contribution in [3.8, 4) is 11.5 Å². The fourth-order valence-corrected chi connectivity index (χ4v) is 2.02. The second-order valence-corrected chi connectivity index (χ2v) is 4.98. The van der Waals surface area contributed by atoms with Crippen LogP contribution in [0.2, 0.25) is 5.02 Å². The normalized spacial score (nSPS) is 11.2. The number of hydrogen-bond acceptors (Lipinski definition) is 4. The Kier molecular flexibility index (Phi) is 4.93. The number of aromatic nitrogens is 2. The summed E-state index contributed by atoms with van der Waals surface area (Å²) in [4.78, 5) is 2.17. The maximum absolute atomic E-state index is 6.10. The minimum absolute atomic E-state index is 0.476. The first-order valence-electron chi connectivity index (χ1n) is 6.46. The third-order valence-electron chi connectivity index (χ3n) is 2.87. The molecule has 0 unspecified atom stereocenters. The van der Waals surface area contributed by atoms with Crippen LogP contribution in [0.4, 0.5) is 0 Å². The summed E-state index contributed by atoms with van der Waals surface area (Å²) in [5, 5.41) is 8.74. The molecular weight excluding hydrogens is 262 g/mol. The van der Waals surface area contributed by atoms with E-state index in [9.17, 15) is 0 Å². The van der Waals surface area contributed by atoms with E-state index in [1.54, 1.807) is 0 Å². The van der Waals surface area contributed by atoms with Crippen molar-refractivity contribution >= 4 is 11.6 Å². The highest BCUT2D eigenvalue weighted by molar-refractivity contribution is 6.33. The first-order chi connectivity index (χ1) is 9.20. The monoisotopic (exact) mass is 279 g/mol. The summed E-state index contributed by atoms with van der Waals surface area (Å²) in [6.45, 7) is 3.87. The van der Waals surface area contributed by atoms with Gasteiger partial charge in [0.15, 0.2) is 0 Å². The summed E-state index contributed by atoms with van der Waals surface area (Å²) >= 11 is 6.10. The molecule has 0 N–H and O–H groups in total. The van der Waals surface area contributed by atoms with Crippen LogP contribution in [0.3, 0.4) is 0 Å². The van der Waals surface area contributed by atoms with Crippen molar-refractivity contribution < 1.29 is 4.42 Å². The van der Waals surface area contributed by atoms with Gasteiger partial charge in [-0.25, -0.2) is 0 Å². The molecule has 2 rings (SSSR count). The molecule has 102 valence electrons. The van der Waals surface area contributed by atoms with Crippen molar-refractivity contribution in [1.82, 2.24) is 15.1 Å². The molecule has 0 saturated heterocycles. The number of hydrogen-bond donors (Lipinski definition) is 0. The molecule has 5 heteroatoms. The molecule has 0 fully saturated rings. The first-order valence-corrected chi connectivity index (χ1v) is 6.84. The van der Waals surface area contributed by atoms with Gasteiger partial charge in [-0.1, -0.05) is 37.1 Å². The molecule has 2 aromatic rings. The van der Waals surface area contributed by atoms with E-state index in [0.717, 1.165) is 12.1 Å². The molecule has 0 atom stereocenters. The van der Waals surface area contributed by atoms with E-state index in [2.05, 4.69) is 29.1 Å². The molecule has 1 aromatic heterocycles. The lowest BCUT2D eigenvalue weighted by molar-refractivity contribution is 0.286. The summed E-state index contributed by atoms with van der Waals surface area (Å²) in [7, 11) is 2.05. The molecule has 0 bridgehead atoms. The lowest BCUT2D eigenvalue weighted by Gasteiger charge is -2.12. The fourth-order valence-electron chi connectivity index (χ4n) is 1.80. The molecule has 1 aromatic carbocycles. The highest BCUT2D eigenvalue weighted by atomic mass is 35.5. The van der Waals surface area contributed by atoms with Gasteiger partial charge in [0.25, 0.3) is 0 Å². The zero-order valence-corrected chi connectivity index (χ0v) is 12.0. The van der Waals surface area contributed by atoms with Crippen molar-refractivity contribution in [2.24, 2.45) is 0 Å². The molecule has 0 aliphatic carbocycles. The van der Waals surface area contributed by atoms with E-state index >= 15 is 0 Å².